The third kappa shape index (κ3) is 2.81. The second-order valence-electron chi connectivity index (χ2n) is 3.64. The Hall–Kier alpha value is -2.37. The second kappa shape index (κ2) is 4.65. The first kappa shape index (κ1) is 11.1. The molecule has 1 heterocycles. The number of anilines is 1. The summed E-state index contributed by atoms with van der Waals surface area (Å²) in [6.45, 7) is 0.596. The molecule has 0 atom stereocenters. The molecule has 6 heteroatoms. The Balaban J connectivity index is 1.97. The third-order valence-electron chi connectivity index (χ3n) is 2.32. The average molecular weight is 232 g/mol. The van der Waals surface area contributed by atoms with Crippen LogP contribution in [0.25, 0.3) is 0 Å². The number of hydrogen-bond donors (Lipinski definition) is 1. The van der Waals surface area contributed by atoms with Crippen molar-refractivity contribution in [3.63, 3.8) is 0 Å². The van der Waals surface area contributed by atoms with Crippen molar-refractivity contribution in [2.75, 3.05) is 5.32 Å². The highest BCUT2D eigenvalue weighted by molar-refractivity contribution is 5.48. The standard InChI is InChI=1S/C11H12N4O2/c1-14-7-6-10(13-14)8-12-9-2-4-11(5-3-9)15(16)17/h2-7,12H,8H2,1H3. The summed E-state index contributed by atoms with van der Waals surface area (Å²) in [4.78, 5) is 10.1. The fraction of sp³-hybridized carbons (Fsp3) is 0.182. The third-order valence-corrected chi connectivity index (χ3v) is 2.32. The molecule has 0 saturated carbocycles. The van der Waals surface area contributed by atoms with Crippen molar-refractivity contribution >= 4 is 11.4 Å². The fourth-order valence-electron chi connectivity index (χ4n) is 1.45. The maximum atomic E-state index is 10.5. The fourth-order valence-corrected chi connectivity index (χ4v) is 1.45. The van der Waals surface area contributed by atoms with Gasteiger partial charge in [0.15, 0.2) is 0 Å². The van der Waals surface area contributed by atoms with Crippen LogP contribution in [-0.4, -0.2) is 14.7 Å². The first-order chi connectivity index (χ1) is 8.15. The molecule has 0 amide bonds. The average Bonchev–Trinajstić information content (AvgIpc) is 2.73. The quantitative estimate of drug-likeness (QED) is 0.645. The van der Waals surface area contributed by atoms with Gasteiger partial charge in [-0.1, -0.05) is 0 Å². The first-order valence-corrected chi connectivity index (χ1v) is 5.12. The van der Waals surface area contributed by atoms with E-state index in [9.17, 15) is 10.1 Å². The van der Waals surface area contributed by atoms with Crippen molar-refractivity contribution in [1.29, 1.82) is 0 Å². The van der Waals surface area contributed by atoms with Gasteiger partial charge in [-0.2, -0.15) is 5.10 Å². The zero-order chi connectivity index (χ0) is 12.3. The van der Waals surface area contributed by atoms with E-state index in [0.29, 0.717) is 6.54 Å². The minimum absolute atomic E-state index is 0.0911. The van der Waals surface area contributed by atoms with Crippen molar-refractivity contribution in [3.05, 3.63) is 52.3 Å². The lowest BCUT2D eigenvalue weighted by Crippen LogP contribution is -2.01. The van der Waals surface area contributed by atoms with E-state index in [1.807, 2.05) is 19.3 Å². The van der Waals surface area contributed by atoms with Gasteiger partial charge < -0.3 is 5.32 Å². The van der Waals surface area contributed by atoms with E-state index >= 15 is 0 Å². The number of nitrogens with one attached hydrogen (secondary N) is 1. The van der Waals surface area contributed by atoms with E-state index in [1.165, 1.54) is 12.1 Å². The molecule has 6 nitrogen and oxygen atoms in total. The van der Waals surface area contributed by atoms with Crippen LogP contribution in [0.3, 0.4) is 0 Å². The van der Waals surface area contributed by atoms with Crippen LogP contribution >= 0.6 is 0 Å². The molecule has 0 aliphatic carbocycles. The summed E-state index contributed by atoms with van der Waals surface area (Å²) in [6, 6.07) is 8.22. The number of nitro benzene ring substituents is 1. The van der Waals surface area contributed by atoms with E-state index in [-0.39, 0.29) is 5.69 Å². The topological polar surface area (TPSA) is 73.0 Å². The molecule has 0 aliphatic rings. The molecular formula is C11H12N4O2. The zero-order valence-electron chi connectivity index (χ0n) is 9.33. The number of aryl methyl sites for hydroxylation is 1. The van der Waals surface area contributed by atoms with Crippen LogP contribution in [0.2, 0.25) is 0 Å². The molecule has 1 aromatic carbocycles. The molecule has 2 rings (SSSR count). The van der Waals surface area contributed by atoms with E-state index in [4.69, 9.17) is 0 Å². The molecule has 0 bridgehead atoms. The van der Waals surface area contributed by atoms with Crippen LogP contribution in [0.15, 0.2) is 36.5 Å². The lowest BCUT2D eigenvalue weighted by atomic mass is 10.3. The Morgan fingerprint density at radius 3 is 2.59 bits per heavy atom. The predicted octanol–water partition coefficient (Wildman–Crippen LogP) is 1.94. The molecule has 0 saturated heterocycles. The van der Waals surface area contributed by atoms with Crippen LogP contribution in [0.4, 0.5) is 11.4 Å². The van der Waals surface area contributed by atoms with Crippen molar-refractivity contribution in [2.24, 2.45) is 7.05 Å². The molecule has 0 aliphatic heterocycles. The van der Waals surface area contributed by atoms with E-state index < -0.39 is 4.92 Å². The smallest absolute Gasteiger partial charge is 0.269 e. The highest BCUT2D eigenvalue weighted by Crippen LogP contribution is 2.15. The van der Waals surface area contributed by atoms with Gasteiger partial charge in [-0.15, -0.1) is 0 Å². The van der Waals surface area contributed by atoms with Crippen molar-refractivity contribution in [2.45, 2.75) is 6.54 Å². The van der Waals surface area contributed by atoms with Gasteiger partial charge in [-0.05, 0) is 18.2 Å². The molecule has 17 heavy (non-hydrogen) atoms. The molecule has 0 spiro atoms. The minimum Gasteiger partial charge on any atom is -0.379 e. The largest absolute Gasteiger partial charge is 0.379 e. The van der Waals surface area contributed by atoms with Gasteiger partial charge in [-0.25, -0.2) is 0 Å². The highest BCUT2D eigenvalue weighted by atomic mass is 16.6. The van der Waals surface area contributed by atoms with Gasteiger partial charge in [0.1, 0.15) is 0 Å². The number of nitrogens with zero attached hydrogens (tertiary/aromatic N) is 3. The normalized spacial score (nSPS) is 10.2. The Bertz CT molecular complexity index is 519. The summed E-state index contributed by atoms with van der Waals surface area (Å²) in [5.74, 6) is 0. The Kier molecular flexibility index (Phi) is 3.04. The van der Waals surface area contributed by atoms with Gasteiger partial charge >= 0.3 is 0 Å². The second-order valence-corrected chi connectivity index (χ2v) is 3.64. The SMILES string of the molecule is Cn1ccc(CNc2ccc([N+](=O)[O-])cc2)n1. The van der Waals surface area contributed by atoms with Gasteiger partial charge in [0, 0.05) is 31.1 Å². The van der Waals surface area contributed by atoms with E-state index in [1.54, 1.807) is 16.8 Å². The molecule has 1 aromatic heterocycles. The molecule has 1 N–H and O–H groups in total. The zero-order valence-corrected chi connectivity index (χ0v) is 9.33. The summed E-state index contributed by atoms with van der Waals surface area (Å²) < 4.78 is 1.73. The van der Waals surface area contributed by atoms with Crippen molar-refractivity contribution in [3.8, 4) is 0 Å². The molecule has 0 unspecified atom stereocenters. The summed E-state index contributed by atoms with van der Waals surface area (Å²) in [6.07, 6.45) is 1.87. The lowest BCUT2D eigenvalue weighted by molar-refractivity contribution is -0.384. The Morgan fingerprint density at radius 1 is 1.35 bits per heavy atom. The maximum absolute atomic E-state index is 10.5. The molecule has 88 valence electrons. The molecule has 2 aromatic rings. The van der Waals surface area contributed by atoms with Crippen LogP contribution < -0.4 is 5.32 Å². The number of nitro groups is 1. The lowest BCUT2D eigenvalue weighted by Gasteiger charge is -2.03. The monoisotopic (exact) mass is 232 g/mol. The summed E-state index contributed by atoms with van der Waals surface area (Å²) in [5.41, 5.74) is 1.85. The number of aromatic nitrogens is 2. The highest BCUT2D eigenvalue weighted by Gasteiger charge is 2.03. The van der Waals surface area contributed by atoms with Crippen molar-refractivity contribution < 1.29 is 4.92 Å². The van der Waals surface area contributed by atoms with Crippen LogP contribution in [-0.2, 0) is 13.6 Å². The summed E-state index contributed by atoms with van der Waals surface area (Å²) >= 11 is 0. The predicted molar refractivity (Wildman–Crippen MR) is 63.6 cm³/mol. The van der Waals surface area contributed by atoms with Gasteiger partial charge in [0.25, 0.3) is 5.69 Å². The Labute approximate surface area is 98.0 Å². The van der Waals surface area contributed by atoms with Gasteiger partial charge in [0.05, 0.1) is 17.2 Å². The Morgan fingerprint density at radius 2 is 2.06 bits per heavy atom. The number of rotatable bonds is 4. The summed E-state index contributed by atoms with van der Waals surface area (Å²) in [7, 11) is 1.86. The maximum Gasteiger partial charge on any atom is 0.269 e. The van der Waals surface area contributed by atoms with Crippen LogP contribution in [0.5, 0.6) is 0 Å². The van der Waals surface area contributed by atoms with E-state index in [2.05, 4.69) is 10.4 Å². The minimum atomic E-state index is -0.414. The number of hydrogen-bond acceptors (Lipinski definition) is 4. The molecular weight excluding hydrogens is 220 g/mol. The number of non-ortho nitro benzene ring substituents is 1. The van der Waals surface area contributed by atoms with Gasteiger partial charge in [0.2, 0.25) is 0 Å². The molecule has 0 radical (unpaired) electrons. The van der Waals surface area contributed by atoms with Gasteiger partial charge in [-0.3, -0.25) is 14.8 Å². The van der Waals surface area contributed by atoms with Crippen molar-refractivity contribution in [1.82, 2.24) is 9.78 Å². The first-order valence-electron chi connectivity index (χ1n) is 5.12. The van der Waals surface area contributed by atoms with E-state index in [0.717, 1.165) is 11.4 Å². The van der Waals surface area contributed by atoms with Crippen LogP contribution in [0, 0.1) is 10.1 Å². The van der Waals surface area contributed by atoms with Crippen LogP contribution in [0.1, 0.15) is 5.69 Å². The number of benzene rings is 1. The molecule has 0 fully saturated rings. The summed E-state index contributed by atoms with van der Waals surface area (Å²) in [5, 5.41) is 17.8.